The number of piperazine rings is 1. The van der Waals surface area contributed by atoms with Crippen LogP contribution in [0.2, 0.25) is 0 Å². The first-order valence-electron chi connectivity index (χ1n) is 11.4. The van der Waals surface area contributed by atoms with Gasteiger partial charge in [-0.2, -0.15) is 0 Å². The van der Waals surface area contributed by atoms with Crippen LogP contribution >= 0.6 is 0 Å². The minimum Gasteiger partial charge on any atom is -0.339 e. The van der Waals surface area contributed by atoms with Crippen LogP contribution in [0.4, 0.5) is 0 Å². The van der Waals surface area contributed by atoms with E-state index < -0.39 is 6.04 Å². The summed E-state index contributed by atoms with van der Waals surface area (Å²) in [4.78, 5) is 34.1. The van der Waals surface area contributed by atoms with E-state index in [1.807, 2.05) is 56.0 Å². The third kappa shape index (κ3) is 5.10. The number of benzene rings is 1. The molecule has 1 unspecified atom stereocenters. The first-order valence-corrected chi connectivity index (χ1v) is 11.4. The van der Waals surface area contributed by atoms with E-state index in [2.05, 4.69) is 21.4 Å². The molecule has 0 spiro atoms. The molecule has 1 fully saturated rings. The van der Waals surface area contributed by atoms with Gasteiger partial charge < -0.3 is 9.80 Å². The number of amides is 2. The van der Waals surface area contributed by atoms with E-state index in [1.54, 1.807) is 28.2 Å². The maximum Gasteiger partial charge on any atom is 0.245 e. The maximum absolute atomic E-state index is 13.3. The summed E-state index contributed by atoms with van der Waals surface area (Å²) >= 11 is 0. The first-order chi connectivity index (χ1) is 16.0. The highest BCUT2D eigenvalue weighted by atomic mass is 16.2. The summed E-state index contributed by atoms with van der Waals surface area (Å²) in [5, 5.41) is 8.24. The van der Waals surface area contributed by atoms with Crippen LogP contribution in [0, 0.1) is 0 Å². The number of likely N-dealkylation sites (N-methyl/N-ethyl adjacent to an activating group) is 1. The Labute approximate surface area is 194 Å². The molecule has 1 saturated heterocycles. The van der Waals surface area contributed by atoms with Crippen molar-refractivity contribution in [3.63, 3.8) is 0 Å². The van der Waals surface area contributed by atoms with Crippen LogP contribution in [0.5, 0.6) is 0 Å². The van der Waals surface area contributed by atoms with Gasteiger partial charge in [-0.1, -0.05) is 43.3 Å². The van der Waals surface area contributed by atoms with Gasteiger partial charge in [-0.25, -0.2) is 4.68 Å². The van der Waals surface area contributed by atoms with Gasteiger partial charge in [0.05, 0.1) is 5.69 Å². The van der Waals surface area contributed by atoms with Crippen molar-refractivity contribution < 1.29 is 9.59 Å². The minimum absolute atomic E-state index is 0.00660. The normalized spacial score (nSPS) is 16.5. The lowest BCUT2D eigenvalue weighted by Crippen LogP contribution is -2.59. The Morgan fingerprint density at radius 3 is 2.61 bits per heavy atom. The summed E-state index contributed by atoms with van der Waals surface area (Å²) in [7, 11) is 0. The smallest absolute Gasteiger partial charge is 0.245 e. The van der Waals surface area contributed by atoms with Crippen molar-refractivity contribution in [1.82, 2.24) is 29.8 Å². The van der Waals surface area contributed by atoms with Gasteiger partial charge in [-0.15, -0.1) is 5.10 Å². The van der Waals surface area contributed by atoms with Gasteiger partial charge in [-0.3, -0.25) is 14.6 Å². The summed E-state index contributed by atoms with van der Waals surface area (Å²) < 4.78 is 1.56. The summed E-state index contributed by atoms with van der Waals surface area (Å²) in [6, 6.07) is 11.5. The minimum atomic E-state index is -0.535. The van der Waals surface area contributed by atoms with Gasteiger partial charge in [0.2, 0.25) is 11.8 Å². The van der Waals surface area contributed by atoms with Gasteiger partial charge in [0.1, 0.15) is 12.6 Å². The lowest BCUT2D eigenvalue weighted by molar-refractivity contribution is -0.151. The molecule has 8 heteroatoms. The van der Waals surface area contributed by atoms with Crippen molar-refractivity contribution in [2.45, 2.75) is 45.7 Å². The lowest BCUT2D eigenvalue weighted by atomic mass is 9.97. The van der Waals surface area contributed by atoms with Crippen molar-refractivity contribution in [3.8, 4) is 11.1 Å². The van der Waals surface area contributed by atoms with Gasteiger partial charge >= 0.3 is 0 Å². The van der Waals surface area contributed by atoms with Crippen LogP contribution in [-0.4, -0.2) is 67.3 Å². The topological polar surface area (TPSA) is 84.2 Å². The monoisotopic (exact) mass is 446 g/mol. The van der Waals surface area contributed by atoms with Crippen LogP contribution in [0.25, 0.3) is 11.1 Å². The molecule has 172 valence electrons. The summed E-state index contributed by atoms with van der Waals surface area (Å²) in [6.45, 7) is 7.81. The van der Waals surface area contributed by atoms with Crippen molar-refractivity contribution in [2.75, 3.05) is 19.6 Å². The van der Waals surface area contributed by atoms with Gasteiger partial charge in [0.15, 0.2) is 0 Å². The Morgan fingerprint density at radius 1 is 1.12 bits per heavy atom. The highest BCUT2D eigenvalue weighted by molar-refractivity contribution is 5.89. The van der Waals surface area contributed by atoms with Crippen LogP contribution in [-0.2, 0) is 22.6 Å². The number of hydrogen-bond acceptors (Lipinski definition) is 5. The van der Waals surface area contributed by atoms with Gasteiger partial charge in [0.25, 0.3) is 0 Å². The highest BCUT2D eigenvalue weighted by Crippen LogP contribution is 2.23. The molecule has 2 aromatic heterocycles. The predicted molar refractivity (Wildman–Crippen MR) is 125 cm³/mol. The molecule has 1 aromatic carbocycles. The predicted octanol–water partition coefficient (Wildman–Crippen LogP) is 2.77. The molecule has 3 aromatic rings. The number of carbonyl (C=O) groups is 2. The van der Waals surface area contributed by atoms with Crippen LogP contribution < -0.4 is 0 Å². The third-order valence-electron chi connectivity index (χ3n) is 6.10. The molecule has 1 aliphatic heterocycles. The maximum atomic E-state index is 13.3. The van der Waals surface area contributed by atoms with Crippen molar-refractivity contribution in [3.05, 3.63) is 66.2 Å². The molecule has 2 amide bonds. The average molecular weight is 447 g/mol. The number of aromatic nitrogens is 4. The number of pyridine rings is 1. The van der Waals surface area contributed by atoms with Crippen molar-refractivity contribution in [1.29, 1.82) is 0 Å². The molecule has 1 atom stereocenters. The molecule has 3 heterocycles. The second kappa shape index (κ2) is 9.94. The molecular formula is C25H30N6O2. The molecular weight excluding hydrogens is 416 g/mol. The van der Waals surface area contributed by atoms with Crippen LogP contribution in [0.1, 0.15) is 37.9 Å². The summed E-state index contributed by atoms with van der Waals surface area (Å²) in [6.07, 6.45) is 5.80. The number of nitrogens with zero attached hydrogens (tertiary/aromatic N) is 6. The van der Waals surface area contributed by atoms with Crippen LogP contribution in [0.3, 0.4) is 0 Å². The highest BCUT2D eigenvalue weighted by Gasteiger charge is 2.37. The van der Waals surface area contributed by atoms with E-state index >= 15 is 0 Å². The zero-order chi connectivity index (χ0) is 23.4. The van der Waals surface area contributed by atoms with E-state index in [0.717, 1.165) is 22.4 Å². The van der Waals surface area contributed by atoms with Crippen LogP contribution in [0.15, 0.2) is 55.0 Å². The van der Waals surface area contributed by atoms with E-state index in [4.69, 9.17) is 0 Å². The molecule has 0 aliphatic carbocycles. The zero-order valence-corrected chi connectivity index (χ0v) is 19.4. The summed E-state index contributed by atoms with van der Waals surface area (Å²) in [5.41, 5.74) is 3.99. The second-order valence-electron chi connectivity index (χ2n) is 8.66. The van der Waals surface area contributed by atoms with Gasteiger partial charge in [0, 0.05) is 44.6 Å². The second-order valence-corrected chi connectivity index (χ2v) is 8.66. The largest absolute Gasteiger partial charge is 0.339 e. The Hall–Kier alpha value is -3.55. The Morgan fingerprint density at radius 2 is 1.91 bits per heavy atom. The summed E-state index contributed by atoms with van der Waals surface area (Å²) in [5.74, 6) is 0.117. The molecule has 0 saturated carbocycles. The molecule has 8 nitrogen and oxygen atoms in total. The quantitative estimate of drug-likeness (QED) is 0.557. The number of rotatable bonds is 7. The number of hydrogen-bond donors (Lipinski definition) is 0. The fourth-order valence-corrected chi connectivity index (χ4v) is 4.18. The van der Waals surface area contributed by atoms with E-state index in [0.29, 0.717) is 26.1 Å². The average Bonchev–Trinajstić information content (AvgIpc) is 3.30. The fraction of sp³-hybridized carbons (Fsp3) is 0.400. The Balaban J connectivity index is 1.56. The van der Waals surface area contributed by atoms with Crippen molar-refractivity contribution >= 4 is 11.8 Å². The van der Waals surface area contributed by atoms with E-state index in [-0.39, 0.29) is 24.3 Å². The SMILES string of the molecule is CCN1CCN(C(=O)Cn2cc(C(C)C)nn2)C(Cc2cccc(-c3ccncc3)c2)C1=O. The van der Waals surface area contributed by atoms with Crippen molar-refractivity contribution in [2.24, 2.45) is 0 Å². The molecule has 0 radical (unpaired) electrons. The fourth-order valence-electron chi connectivity index (χ4n) is 4.18. The molecule has 0 N–H and O–H groups in total. The third-order valence-corrected chi connectivity index (χ3v) is 6.10. The number of carbonyl (C=O) groups excluding carboxylic acids is 2. The Kier molecular flexibility index (Phi) is 6.82. The zero-order valence-electron chi connectivity index (χ0n) is 19.4. The lowest BCUT2D eigenvalue weighted by Gasteiger charge is -2.40. The molecule has 1 aliphatic rings. The molecule has 33 heavy (non-hydrogen) atoms. The first kappa shape index (κ1) is 22.6. The Bertz CT molecular complexity index is 1110. The van der Waals surface area contributed by atoms with E-state index in [1.165, 1.54) is 0 Å². The van der Waals surface area contributed by atoms with Gasteiger partial charge in [-0.05, 0) is 41.7 Å². The molecule has 4 rings (SSSR count). The standard InChI is InChI=1S/C25H30N6O2/c1-4-29-12-13-31(24(32)17-30-16-22(18(2)3)27-28-30)23(25(29)33)15-19-6-5-7-21(14-19)20-8-10-26-11-9-20/h5-11,14,16,18,23H,4,12-13,15,17H2,1-3H3. The van der Waals surface area contributed by atoms with E-state index in [9.17, 15) is 9.59 Å². The molecule has 0 bridgehead atoms.